The molecule has 8 heteroatoms. The quantitative estimate of drug-likeness (QED) is 0.469. The molecule has 4 bridgehead atoms. The molecule has 0 spiro atoms. The number of hydrogen-bond donors (Lipinski definition) is 1. The molecule has 2 heterocycles. The van der Waals surface area contributed by atoms with E-state index in [1.807, 2.05) is 41.3 Å². The lowest BCUT2D eigenvalue weighted by Gasteiger charge is -2.54. The van der Waals surface area contributed by atoms with Crippen molar-refractivity contribution in [1.82, 2.24) is 15.3 Å². The van der Waals surface area contributed by atoms with Crippen LogP contribution in [0.25, 0.3) is 0 Å². The highest BCUT2D eigenvalue weighted by molar-refractivity contribution is 5.98. The van der Waals surface area contributed by atoms with Gasteiger partial charge in [0.15, 0.2) is 0 Å². The average Bonchev–Trinajstić information content (AvgIpc) is 2.94. The Balaban J connectivity index is 1.07. The first kappa shape index (κ1) is 23.3. The highest BCUT2D eigenvalue weighted by Gasteiger charge is 2.49. The lowest BCUT2D eigenvalue weighted by atomic mass is 9.54. The predicted octanol–water partition coefficient (Wildman–Crippen LogP) is 5.77. The second kappa shape index (κ2) is 9.49. The fourth-order valence-electron chi connectivity index (χ4n) is 7.51. The molecule has 4 aliphatic carbocycles. The van der Waals surface area contributed by atoms with Gasteiger partial charge in [0.2, 0.25) is 5.88 Å². The Hall–Kier alpha value is -3.81. The Morgan fingerprint density at radius 2 is 1.61 bits per heavy atom. The van der Waals surface area contributed by atoms with Crippen molar-refractivity contribution in [3.63, 3.8) is 0 Å². The molecule has 8 rings (SSSR count). The minimum atomic E-state index is 0.0524. The summed E-state index contributed by atoms with van der Waals surface area (Å²) in [6.07, 6.45) is 8.21. The molecule has 3 aromatic rings. The number of amides is 2. The molecular formula is C30H33N5O3. The maximum atomic E-state index is 13.6. The fraction of sp³-hybridized carbons (Fsp3) is 0.433. The van der Waals surface area contributed by atoms with E-state index in [1.54, 1.807) is 19.4 Å². The molecule has 2 aromatic carbocycles. The van der Waals surface area contributed by atoms with Crippen molar-refractivity contribution in [2.24, 2.45) is 23.7 Å². The predicted molar refractivity (Wildman–Crippen MR) is 145 cm³/mol. The summed E-state index contributed by atoms with van der Waals surface area (Å²) in [5.74, 6) is 4.21. The topological polar surface area (TPSA) is 79.8 Å². The van der Waals surface area contributed by atoms with Gasteiger partial charge >= 0.3 is 12.0 Å². The summed E-state index contributed by atoms with van der Waals surface area (Å²) in [4.78, 5) is 26.2. The summed E-state index contributed by atoms with van der Waals surface area (Å²) < 4.78 is 11.0. The normalized spacial score (nSPS) is 27.1. The van der Waals surface area contributed by atoms with Crippen LogP contribution in [0.5, 0.6) is 17.6 Å². The molecule has 5 aliphatic rings. The van der Waals surface area contributed by atoms with E-state index in [9.17, 15) is 4.79 Å². The SMILES string of the molecule is COc1ccnc(Oc2ccc(N3CCN(C(=O)NC4C5CC6CC(C5)CC4C6)c4ccccc43)cc2)n1. The van der Waals surface area contributed by atoms with Crippen LogP contribution >= 0.6 is 0 Å². The van der Waals surface area contributed by atoms with Crippen molar-refractivity contribution < 1.29 is 14.3 Å². The van der Waals surface area contributed by atoms with Crippen molar-refractivity contribution in [2.45, 2.75) is 38.1 Å². The smallest absolute Gasteiger partial charge is 0.325 e. The molecule has 0 radical (unpaired) electrons. The number of ether oxygens (including phenoxy) is 2. The third-order valence-corrected chi connectivity index (χ3v) is 8.95. The van der Waals surface area contributed by atoms with E-state index in [0.29, 0.717) is 42.6 Å². The van der Waals surface area contributed by atoms with Gasteiger partial charge in [0, 0.05) is 37.1 Å². The van der Waals surface area contributed by atoms with Gasteiger partial charge in [-0.05, 0) is 92.2 Å². The van der Waals surface area contributed by atoms with E-state index in [-0.39, 0.29) is 12.0 Å². The number of carbonyl (C=O) groups is 1. The van der Waals surface area contributed by atoms with Crippen molar-refractivity contribution in [3.8, 4) is 17.6 Å². The van der Waals surface area contributed by atoms with E-state index >= 15 is 0 Å². The van der Waals surface area contributed by atoms with Crippen molar-refractivity contribution in [2.75, 3.05) is 30.0 Å². The number of para-hydroxylation sites is 2. The van der Waals surface area contributed by atoms with Crippen LogP contribution in [0.4, 0.5) is 21.9 Å². The van der Waals surface area contributed by atoms with Crippen molar-refractivity contribution in [3.05, 3.63) is 60.8 Å². The van der Waals surface area contributed by atoms with E-state index in [2.05, 4.69) is 32.3 Å². The second-order valence-electron chi connectivity index (χ2n) is 11.2. The first-order valence-corrected chi connectivity index (χ1v) is 13.7. The Bertz CT molecular complexity index is 1300. The third-order valence-electron chi connectivity index (χ3n) is 8.95. The van der Waals surface area contributed by atoms with Crippen LogP contribution in [0.3, 0.4) is 0 Å². The van der Waals surface area contributed by atoms with Gasteiger partial charge in [-0.3, -0.25) is 4.90 Å². The molecule has 0 atom stereocenters. The number of fused-ring (bicyclic) bond motifs is 1. The number of methoxy groups -OCH3 is 1. The first-order valence-electron chi connectivity index (χ1n) is 13.7. The number of aromatic nitrogens is 2. The zero-order valence-corrected chi connectivity index (χ0v) is 21.6. The van der Waals surface area contributed by atoms with Gasteiger partial charge in [-0.2, -0.15) is 4.98 Å². The number of anilines is 3. The number of urea groups is 1. The standard InChI is InChI=1S/C30H33N5O3/c1-37-27-10-11-31-29(32-27)38-24-8-6-23(7-9-24)34-12-13-35(26-5-3-2-4-25(26)34)30(36)33-28-21-15-19-14-20(17-21)18-22(28)16-19/h2-11,19-22,28H,12-18H2,1H3,(H,33,36). The maximum Gasteiger partial charge on any atom is 0.325 e. The number of benzene rings is 2. The summed E-state index contributed by atoms with van der Waals surface area (Å²) in [5.41, 5.74) is 3.02. The average molecular weight is 512 g/mol. The molecule has 0 saturated heterocycles. The van der Waals surface area contributed by atoms with E-state index in [4.69, 9.17) is 9.47 Å². The minimum absolute atomic E-state index is 0.0524. The van der Waals surface area contributed by atoms with Crippen LogP contribution in [0.1, 0.15) is 32.1 Å². The summed E-state index contributed by atoms with van der Waals surface area (Å²) in [6, 6.07) is 18.3. The van der Waals surface area contributed by atoms with Gasteiger partial charge in [-0.1, -0.05) is 12.1 Å². The summed E-state index contributed by atoms with van der Waals surface area (Å²) in [7, 11) is 1.56. The van der Waals surface area contributed by atoms with Crippen molar-refractivity contribution >= 4 is 23.1 Å². The van der Waals surface area contributed by atoms with Gasteiger partial charge in [-0.25, -0.2) is 9.78 Å². The van der Waals surface area contributed by atoms with Crippen LogP contribution in [0.2, 0.25) is 0 Å². The number of rotatable bonds is 5. The molecule has 1 aliphatic heterocycles. The van der Waals surface area contributed by atoms with E-state index in [0.717, 1.165) is 28.9 Å². The molecule has 1 aromatic heterocycles. The number of nitrogens with zero attached hydrogens (tertiary/aromatic N) is 4. The molecule has 2 amide bonds. The zero-order valence-electron chi connectivity index (χ0n) is 21.6. The molecule has 4 fully saturated rings. The van der Waals surface area contributed by atoms with Crippen LogP contribution in [-0.2, 0) is 0 Å². The summed E-state index contributed by atoms with van der Waals surface area (Å²) in [5, 5.41) is 3.50. The van der Waals surface area contributed by atoms with Gasteiger partial charge in [0.05, 0.1) is 18.5 Å². The van der Waals surface area contributed by atoms with Gasteiger partial charge in [0.25, 0.3) is 0 Å². The monoisotopic (exact) mass is 511 g/mol. The van der Waals surface area contributed by atoms with E-state index in [1.165, 1.54) is 32.1 Å². The minimum Gasteiger partial charge on any atom is -0.481 e. The van der Waals surface area contributed by atoms with Gasteiger partial charge in [0.1, 0.15) is 5.75 Å². The van der Waals surface area contributed by atoms with Crippen LogP contribution < -0.4 is 24.6 Å². The summed E-state index contributed by atoms with van der Waals surface area (Å²) in [6.45, 7) is 1.34. The Kier molecular flexibility index (Phi) is 5.82. The zero-order chi connectivity index (χ0) is 25.6. The highest BCUT2D eigenvalue weighted by atomic mass is 16.5. The highest BCUT2D eigenvalue weighted by Crippen LogP contribution is 2.53. The number of nitrogens with one attached hydrogen (secondary N) is 1. The third kappa shape index (κ3) is 4.22. The Morgan fingerprint density at radius 1 is 0.895 bits per heavy atom. The molecule has 196 valence electrons. The first-order chi connectivity index (χ1) is 18.6. The fourth-order valence-corrected chi connectivity index (χ4v) is 7.51. The summed E-state index contributed by atoms with van der Waals surface area (Å²) >= 11 is 0. The Labute approximate surface area is 223 Å². The van der Waals surface area contributed by atoms with Gasteiger partial charge in [-0.15, -0.1) is 0 Å². The molecule has 8 nitrogen and oxygen atoms in total. The lowest BCUT2D eigenvalue weighted by Crippen LogP contribution is -2.59. The maximum absolute atomic E-state index is 13.6. The van der Waals surface area contributed by atoms with Crippen LogP contribution in [0, 0.1) is 23.7 Å². The van der Waals surface area contributed by atoms with E-state index < -0.39 is 0 Å². The van der Waals surface area contributed by atoms with Crippen LogP contribution in [-0.4, -0.2) is 42.2 Å². The molecular weight excluding hydrogens is 478 g/mol. The van der Waals surface area contributed by atoms with Gasteiger partial charge < -0.3 is 19.7 Å². The number of carbonyl (C=O) groups excluding carboxylic acids is 1. The Morgan fingerprint density at radius 3 is 2.32 bits per heavy atom. The number of hydrogen-bond acceptors (Lipinski definition) is 6. The molecule has 38 heavy (non-hydrogen) atoms. The molecule has 1 N–H and O–H groups in total. The van der Waals surface area contributed by atoms with Crippen molar-refractivity contribution in [1.29, 1.82) is 0 Å². The lowest BCUT2D eigenvalue weighted by molar-refractivity contribution is -0.00911. The molecule has 0 unspecified atom stereocenters. The largest absolute Gasteiger partial charge is 0.481 e. The second-order valence-corrected chi connectivity index (χ2v) is 11.2. The van der Waals surface area contributed by atoms with Crippen LogP contribution in [0.15, 0.2) is 60.8 Å². The molecule has 4 saturated carbocycles.